The van der Waals surface area contributed by atoms with Crippen LogP contribution in [0.4, 0.5) is 11.5 Å². The molecule has 1 amide bonds. The van der Waals surface area contributed by atoms with Crippen LogP contribution in [-0.4, -0.2) is 32.0 Å². The Balaban J connectivity index is 2.05. The Morgan fingerprint density at radius 1 is 1.30 bits per heavy atom. The fourth-order valence-electron chi connectivity index (χ4n) is 3.10. The van der Waals surface area contributed by atoms with Crippen LogP contribution in [0.3, 0.4) is 0 Å². The number of nitrogens with zero attached hydrogens (tertiary/aromatic N) is 4. The largest absolute Gasteiger partial charge is 0.383 e. The highest BCUT2D eigenvalue weighted by Crippen LogP contribution is 2.29. The number of pyridine rings is 1. The first kappa shape index (κ1) is 21.4. The van der Waals surface area contributed by atoms with Crippen LogP contribution >= 0.6 is 11.3 Å². The zero-order valence-corrected chi connectivity index (χ0v) is 18.0. The second-order valence-electron chi connectivity index (χ2n) is 6.70. The van der Waals surface area contributed by atoms with Crippen molar-refractivity contribution in [3.05, 3.63) is 55.8 Å². The quantitative estimate of drug-likeness (QED) is 0.595. The predicted octanol–water partition coefficient (Wildman–Crippen LogP) is 2.41. The fourth-order valence-corrected chi connectivity index (χ4v) is 4.09. The summed E-state index contributed by atoms with van der Waals surface area (Å²) in [5.41, 5.74) is 6.10. The van der Waals surface area contributed by atoms with E-state index in [1.165, 1.54) is 20.8 Å². The van der Waals surface area contributed by atoms with E-state index < -0.39 is 17.2 Å². The SMILES string of the molecule is CCCCn1c(N)c(N(CC)C(=O)c2sc(-c3ccccn3)nc2C)c(=O)[nH]c1=O. The second-order valence-corrected chi connectivity index (χ2v) is 7.70. The molecule has 0 aliphatic carbocycles. The summed E-state index contributed by atoms with van der Waals surface area (Å²) in [5.74, 6) is -0.410. The van der Waals surface area contributed by atoms with E-state index in [9.17, 15) is 14.4 Å². The summed E-state index contributed by atoms with van der Waals surface area (Å²) < 4.78 is 1.30. The first-order valence-electron chi connectivity index (χ1n) is 9.72. The lowest BCUT2D eigenvalue weighted by Crippen LogP contribution is -2.41. The van der Waals surface area contributed by atoms with Gasteiger partial charge in [-0.2, -0.15) is 0 Å². The molecule has 3 rings (SSSR count). The van der Waals surface area contributed by atoms with E-state index in [1.54, 1.807) is 26.1 Å². The Morgan fingerprint density at radius 3 is 2.70 bits per heavy atom. The monoisotopic (exact) mass is 428 g/mol. The third kappa shape index (κ3) is 4.04. The minimum absolute atomic E-state index is 0.0143. The maximum absolute atomic E-state index is 13.3. The molecule has 0 aliphatic heterocycles. The number of H-pyrrole nitrogens is 1. The number of carbonyl (C=O) groups is 1. The highest BCUT2D eigenvalue weighted by Gasteiger charge is 2.27. The molecular weight excluding hydrogens is 404 g/mol. The Hall–Kier alpha value is -3.27. The number of aromatic amines is 1. The minimum atomic E-state index is -0.687. The van der Waals surface area contributed by atoms with Crippen LogP contribution < -0.4 is 21.9 Å². The van der Waals surface area contributed by atoms with Crippen molar-refractivity contribution in [2.24, 2.45) is 0 Å². The number of anilines is 2. The number of hydrogen-bond acceptors (Lipinski definition) is 7. The van der Waals surface area contributed by atoms with Gasteiger partial charge in [0.25, 0.3) is 11.5 Å². The molecular formula is C20H24N6O3S. The number of nitrogens with two attached hydrogens (primary N) is 1. The van der Waals surface area contributed by atoms with Crippen LogP contribution in [0.2, 0.25) is 0 Å². The molecule has 0 saturated heterocycles. The average molecular weight is 429 g/mol. The van der Waals surface area contributed by atoms with E-state index in [1.807, 2.05) is 19.1 Å². The molecule has 0 unspecified atom stereocenters. The van der Waals surface area contributed by atoms with Gasteiger partial charge in [-0.1, -0.05) is 19.4 Å². The molecule has 0 bridgehead atoms. The van der Waals surface area contributed by atoms with Crippen molar-refractivity contribution < 1.29 is 4.79 Å². The van der Waals surface area contributed by atoms with E-state index in [4.69, 9.17) is 5.73 Å². The van der Waals surface area contributed by atoms with Gasteiger partial charge < -0.3 is 5.73 Å². The lowest BCUT2D eigenvalue weighted by molar-refractivity contribution is 0.0991. The van der Waals surface area contributed by atoms with Gasteiger partial charge in [0, 0.05) is 19.3 Å². The zero-order valence-electron chi connectivity index (χ0n) is 17.1. The molecule has 0 saturated carbocycles. The van der Waals surface area contributed by atoms with Crippen LogP contribution in [0.25, 0.3) is 10.7 Å². The molecule has 0 fully saturated rings. The summed E-state index contributed by atoms with van der Waals surface area (Å²) in [6.45, 7) is 6.03. The second kappa shape index (κ2) is 9.04. The Bertz CT molecular complexity index is 1170. The number of aryl methyl sites for hydroxylation is 1. The number of carbonyl (C=O) groups excluding carboxylic acids is 1. The number of unbranched alkanes of at least 4 members (excludes halogenated alkanes) is 1. The normalized spacial score (nSPS) is 10.9. The lowest BCUT2D eigenvalue weighted by Gasteiger charge is -2.22. The molecule has 0 aromatic carbocycles. The van der Waals surface area contributed by atoms with Gasteiger partial charge in [0.1, 0.15) is 15.7 Å². The average Bonchev–Trinajstić information content (AvgIpc) is 3.12. The molecule has 158 valence electrons. The summed E-state index contributed by atoms with van der Waals surface area (Å²) in [4.78, 5) is 50.8. The Labute approximate surface area is 177 Å². The van der Waals surface area contributed by atoms with E-state index >= 15 is 0 Å². The third-order valence-corrected chi connectivity index (χ3v) is 5.82. The smallest absolute Gasteiger partial charge is 0.330 e. The van der Waals surface area contributed by atoms with Gasteiger partial charge in [-0.25, -0.2) is 9.78 Å². The van der Waals surface area contributed by atoms with E-state index in [2.05, 4.69) is 15.0 Å². The molecule has 3 aromatic heterocycles. The summed E-state index contributed by atoms with van der Waals surface area (Å²) in [6.07, 6.45) is 3.23. The van der Waals surface area contributed by atoms with Gasteiger partial charge in [0.2, 0.25) is 0 Å². The highest BCUT2D eigenvalue weighted by atomic mass is 32.1. The molecule has 9 nitrogen and oxygen atoms in total. The van der Waals surface area contributed by atoms with E-state index in [-0.39, 0.29) is 18.1 Å². The fraction of sp³-hybridized carbons (Fsp3) is 0.350. The summed E-state index contributed by atoms with van der Waals surface area (Å²) in [7, 11) is 0. The summed E-state index contributed by atoms with van der Waals surface area (Å²) >= 11 is 1.21. The van der Waals surface area contributed by atoms with Gasteiger partial charge in [0.05, 0.1) is 11.4 Å². The Kier molecular flexibility index (Phi) is 6.46. The van der Waals surface area contributed by atoms with Crippen molar-refractivity contribution in [3.63, 3.8) is 0 Å². The van der Waals surface area contributed by atoms with Gasteiger partial charge in [0.15, 0.2) is 5.69 Å². The molecule has 3 N–H and O–H groups in total. The van der Waals surface area contributed by atoms with E-state index in [0.29, 0.717) is 27.8 Å². The van der Waals surface area contributed by atoms with Gasteiger partial charge >= 0.3 is 5.69 Å². The first-order chi connectivity index (χ1) is 14.4. The molecule has 0 spiro atoms. The van der Waals surface area contributed by atoms with Crippen LogP contribution in [0, 0.1) is 6.92 Å². The first-order valence-corrected chi connectivity index (χ1v) is 10.5. The number of hydrogen-bond donors (Lipinski definition) is 2. The minimum Gasteiger partial charge on any atom is -0.383 e. The molecule has 0 radical (unpaired) electrons. The maximum atomic E-state index is 13.3. The summed E-state index contributed by atoms with van der Waals surface area (Å²) in [6, 6.07) is 5.46. The van der Waals surface area contributed by atoms with Crippen molar-refractivity contribution in [2.45, 2.75) is 40.2 Å². The number of nitrogen functional groups attached to an aromatic ring is 1. The molecule has 3 aromatic rings. The topological polar surface area (TPSA) is 127 Å². The molecule has 0 aliphatic rings. The molecule has 3 heterocycles. The third-order valence-electron chi connectivity index (χ3n) is 4.66. The highest BCUT2D eigenvalue weighted by molar-refractivity contribution is 7.17. The molecule has 0 atom stereocenters. The van der Waals surface area contributed by atoms with Crippen LogP contribution in [0.5, 0.6) is 0 Å². The van der Waals surface area contributed by atoms with E-state index in [0.717, 1.165) is 12.8 Å². The van der Waals surface area contributed by atoms with Crippen molar-refractivity contribution in [1.82, 2.24) is 19.5 Å². The lowest BCUT2D eigenvalue weighted by atomic mass is 10.3. The summed E-state index contributed by atoms with van der Waals surface area (Å²) in [5, 5.41) is 0.613. The number of aromatic nitrogens is 4. The maximum Gasteiger partial charge on any atom is 0.330 e. The van der Waals surface area contributed by atoms with Crippen molar-refractivity contribution in [3.8, 4) is 10.7 Å². The van der Waals surface area contributed by atoms with Crippen LogP contribution in [0.1, 0.15) is 42.1 Å². The zero-order chi connectivity index (χ0) is 21.8. The van der Waals surface area contributed by atoms with Crippen LogP contribution in [0.15, 0.2) is 34.0 Å². The molecule has 30 heavy (non-hydrogen) atoms. The predicted molar refractivity (Wildman–Crippen MR) is 118 cm³/mol. The van der Waals surface area contributed by atoms with Crippen molar-refractivity contribution in [1.29, 1.82) is 0 Å². The number of rotatable bonds is 7. The number of thiazole rings is 1. The Morgan fingerprint density at radius 2 is 2.07 bits per heavy atom. The number of amides is 1. The van der Waals surface area contributed by atoms with Crippen molar-refractivity contribution in [2.75, 3.05) is 17.2 Å². The number of nitrogens with one attached hydrogen (secondary N) is 1. The molecule has 10 heteroatoms. The van der Waals surface area contributed by atoms with Crippen molar-refractivity contribution >= 4 is 28.7 Å². The van der Waals surface area contributed by atoms with Gasteiger partial charge in [-0.15, -0.1) is 11.3 Å². The van der Waals surface area contributed by atoms with Gasteiger partial charge in [-0.05, 0) is 32.4 Å². The van der Waals surface area contributed by atoms with Crippen LogP contribution in [-0.2, 0) is 6.54 Å². The van der Waals surface area contributed by atoms with Gasteiger partial charge in [-0.3, -0.25) is 29.0 Å². The standard InChI is InChI=1S/C20H24N6O3S/c1-4-6-11-26-16(21)14(17(27)24-20(26)29)25(5-2)19(28)15-12(3)23-18(30-15)13-9-7-8-10-22-13/h7-10H,4-6,11,21H2,1-3H3,(H,24,27,29).